The molecule has 1 aromatic carbocycles. The Bertz CT molecular complexity index is 833. The number of methoxy groups -OCH3 is 2. The van der Waals surface area contributed by atoms with Gasteiger partial charge in [0, 0.05) is 25.0 Å². The van der Waals surface area contributed by atoms with Gasteiger partial charge < -0.3 is 19.3 Å². The maximum absolute atomic E-state index is 12.6. The molecular weight excluding hydrogens is 344 g/mol. The van der Waals surface area contributed by atoms with Crippen LogP contribution in [-0.4, -0.2) is 39.2 Å². The van der Waals surface area contributed by atoms with E-state index in [1.807, 2.05) is 19.1 Å². The Morgan fingerprint density at radius 1 is 0.963 bits per heavy atom. The minimum absolute atomic E-state index is 0.135. The van der Waals surface area contributed by atoms with Crippen LogP contribution >= 0.6 is 0 Å². The summed E-state index contributed by atoms with van der Waals surface area (Å²) in [6, 6.07) is 5.99. The molecule has 2 aliphatic rings. The van der Waals surface area contributed by atoms with Gasteiger partial charge in [0.25, 0.3) is 0 Å². The van der Waals surface area contributed by atoms with Gasteiger partial charge in [0.1, 0.15) is 5.70 Å². The number of hydrogen-bond acceptors (Lipinski definition) is 6. The minimum Gasteiger partial charge on any atom is -0.465 e. The highest BCUT2D eigenvalue weighted by Crippen LogP contribution is 2.35. The third-order valence-corrected chi connectivity index (χ3v) is 4.87. The van der Waals surface area contributed by atoms with Gasteiger partial charge in [-0.05, 0) is 49.6 Å². The van der Waals surface area contributed by atoms with Gasteiger partial charge in [0.15, 0.2) is 0 Å². The van der Waals surface area contributed by atoms with Crippen LogP contribution in [0.15, 0.2) is 53.9 Å². The molecule has 27 heavy (non-hydrogen) atoms. The van der Waals surface area contributed by atoms with Gasteiger partial charge in [0.2, 0.25) is 0 Å². The second-order valence-electron chi connectivity index (χ2n) is 6.43. The van der Waals surface area contributed by atoms with Gasteiger partial charge in [-0.2, -0.15) is 0 Å². The van der Waals surface area contributed by atoms with Crippen LogP contribution in [0.25, 0.3) is 0 Å². The first-order valence-corrected chi connectivity index (χ1v) is 8.98. The number of esters is 2. The van der Waals surface area contributed by atoms with Crippen molar-refractivity contribution in [1.29, 1.82) is 0 Å². The number of allylic oxidation sites excluding steroid dienone is 2. The summed E-state index contributed by atoms with van der Waals surface area (Å²) >= 11 is 0. The molecule has 0 aliphatic carbocycles. The van der Waals surface area contributed by atoms with Crippen LogP contribution in [0.1, 0.15) is 18.4 Å². The normalized spacial score (nSPS) is 16.6. The predicted molar refractivity (Wildman–Crippen MR) is 104 cm³/mol. The molecule has 0 unspecified atom stereocenters. The lowest BCUT2D eigenvalue weighted by molar-refractivity contribution is -0.139. The maximum Gasteiger partial charge on any atom is 0.355 e. The molecule has 2 heterocycles. The van der Waals surface area contributed by atoms with Crippen LogP contribution in [-0.2, 0) is 19.1 Å². The monoisotopic (exact) mass is 368 g/mol. The second kappa shape index (κ2) is 8.12. The summed E-state index contributed by atoms with van der Waals surface area (Å²) < 4.78 is 9.84. The molecule has 1 saturated heterocycles. The Morgan fingerprint density at radius 3 is 2.30 bits per heavy atom. The van der Waals surface area contributed by atoms with Gasteiger partial charge in [-0.25, -0.2) is 9.59 Å². The van der Waals surface area contributed by atoms with Crippen LogP contribution in [0.5, 0.6) is 0 Å². The van der Waals surface area contributed by atoms with Crippen LogP contribution < -0.4 is 9.80 Å². The molecule has 1 aromatic rings. The van der Waals surface area contributed by atoms with Gasteiger partial charge in [-0.3, -0.25) is 0 Å². The van der Waals surface area contributed by atoms with E-state index in [-0.39, 0.29) is 11.3 Å². The third-order valence-electron chi connectivity index (χ3n) is 4.87. The molecule has 3 rings (SSSR count). The van der Waals surface area contributed by atoms with Crippen LogP contribution in [0.2, 0.25) is 0 Å². The molecule has 0 aromatic heterocycles. The third kappa shape index (κ3) is 3.60. The van der Waals surface area contributed by atoms with Gasteiger partial charge in [0.05, 0.1) is 25.5 Å². The van der Waals surface area contributed by atoms with Crippen molar-refractivity contribution in [2.75, 3.05) is 37.1 Å². The van der Waals surface area contributed by atoms with E-state index in [2.05, 4.69) is 11.0 Å². The average Bonchev–Trinajstić information content (AvgIpc) is 3.13. The first-order chi connectivity index (χ1) is 13.1. The second-order valence-corrected chi connectivity index (χ2v) is 6.43. The molecule has 0 amide bonds. The van der Waals surface area contributed by atoms with Crippen molar-refractivity contribution in [2.45, 2.75) is 19.8 Å². The molecular formula is C21H24N2O4. The lowest BCUT2D eigenvalue weighted by Gasteiger charge is -2.28. The van der Waals surface area contributed by atoms with Crippen molar-refractivity contribution >= 4 is 23.3 Å². The molecule has 6 heteroatoms. The Balaban J connectivity index is 2.15. The predicted octanol–water partition coefficient (Wildman–Crippen LogP) is 3.09. The van der Waals surface area contributed by atoms with Crippen LogP contribution in [0.4, 0.5) is 11.4 Å². The Morgan fingerprint density at radius 2 is 1.63 bits per heavy atom. The summed E-state index contributed by atoms with van der Waals surface area (Å²) in [6.45, 7) is 4.07. The SMILES string of the molecule is COC(=O)C1=C(C(=O)OC)N(c2cccc(N3CCCC3)c2C)C=CC=C1. The molecule has 1 fully saturated rings. The van der Waals surface area contributed by atoms with E-state index in [1.165, 1.54) is 27.1 Å². The fourth-order valence-corrected chi connectivity index (χ4v) is 3.52. The summed E-state index contributed by atoms with van der Waals surface area (Å²) in [5.74, 6) is -1.19. The first kappa shape index (κ1) is 18.8. The number of carbonyl (C=O) groups excluding carboxylic acids is 2. The molecule has 0 atom stereocenters. The topological polar surface area (TPSA) is 59.1 Å². The molecule has 0 spiro atoms. The highest BCUT2D eigenvalue weighted by atomic mass is 16.5. The average molecular weight is 368 g/mol. The quantitative estimate of drug-likeness (QED) is 0.761. The molecule has 0 saturated carbocycles. The number of nitrogens with zero attached hydrogens (tertiary/aromatic N) is 2. The van der Waals surface area contributed by atoms with Crippen molar-refractivity contribution in [3.63, 3.8) is 0 Å². The summed E-state index contributed by atoms with van der Waals surface area (Å²) in [6.07, 6.45) is 9.16. The maximum atomic E-state index is 12.6. The zero-order valence-corrected chi connectivity index (χ0v) is 15.9. The molecule has 142 valence electrons. The van der Waals surface area contributed by atoms with E-state index in [0.29, 0.717) is 0 Å². The van der Waals surface area contributed by atoms with Gasteiger partial charge >= 0.3 is 11.9 Å². The molecule has 0 radical (unpaired) electrons. The fourth-order valence-electron chi connectivity index (χ4n) is 3.52. The summed E-state index contributed by atoms with van der Waals surface area (Å²) in [7, 11) is 2.59. The highest BCUT2D eigenvalue weighted by molar-refractivity contribution is 6.05. The van der Waals surface area contributed by atoms with Crippen molar-refractivity contribution in [3.05, 3.63) is 59.5 Å². The van der Waals surface area contributed by atoms with Crippen LogP contribution in [0, 0.1) is 6.92 Å². The van der Waals surface area contributed by atoms with E-state index in [1.54, 1.807) is 29.3 Å². The Hall–Kier alpha value is -3.02. The summed E-state index contributed by atoms with van der Waals surface area (Å²) in [5, 5.41) is 0. The number of benzene rings is 1. The first-order valence-electron chi connectivity index (χ1n) is 8.98. The number of rotatable bonds is 4. The molecule has 2 aliphatic heterocycles. The van der Waals surface area contributed by atoms with E-state index < -0.39 is 11.9 Å². The summed E-state index contributed by atoms with van der Waals surface area (Å²) in [4.78, 5) is 28.9. The number of anilines is 2. The minimum atomic E-state index is -0.599. The van der Waals surface area contributed by atoms with E-state index >= 15 is 0 Å². The number of ether oxygens (including phenoxy) is 2. The smallest absolute Gasteiger partial charge is 0.355 e. The molecule has 0 N–H and O–H groups in total. The standard InChI is InChI=1S/C21H24N2O4/c1-15-17(22-12-6-7-13-22)10-8-11-18(15)23-14-5-4-9-16(20(24)26-2)19(23)21(25)27-3/h4-5,8-11,14H,6-7,12-13H2,1-3H3. The molecule has 0 bridgehead atoms. The Kier molecular flexibility index (Phi) is 5.64. The number of carbonyl (C=O) groups is 2. The zero-order valence-electron chi connectivity index (χ0n) is 15.9. The number of hydrogen-bond donors (Lipinski definition) is 0. The zero-order chi connectivity index (χ0) is 19.4. The van der Waals surface area contributed by atoms with Gasteiger partial charge in [-0.1, -0.05) is 12.1 Å². The summed E-state index contributed by atoms with van der Waals surface area (Å²) in [5.41, 5.74) is 3.29. The molecule has 6 nitrogen and oxygen atoms in total. The van der Waals surface area contributed by atoms with Crippen LogP contribution in [0.3, 0.4) is 0 Å². The lowest BCUT2D eigenvalue weighted by Crippen LogP contribution is -2.28. The van der Waals surface area contributed by atoms with Crippen molar-refractivity contribution in [3.8, 4) is 0 Å². The fraction of sp³-hybridized carbons (Fsp3) is 0.333. The van der Waals surface area contributed by atoms with E-state index in [9.17, 15) is 9.59 Å². The van der Waals surface area contributed by atoms with Crippen molar-refractivity contribution < 1.29 is 19.1 Å². The largest absolute Gasteiger partial charge is 0.465 e. The van der Waals surface area contributed by atoms with E-state index in [4.69, 9.17) is 9.47 Å². The van der Waals surface area contributed by atoms with Crippen molar-refractivity contribution in [2.24, 2.45) is 0 Å². The highest BCUT2D eigenvalue weighted by Gasteiger charge is 2.29. The van der Waals surface area contributed by atoms with Gasteiger partial charge in [-0.15, -0.1) is 0 Å². The lowest BCUT2D eigenvalue weighted by atomic mass is 10.1. The van der Waals surface area contributed by atoms with Crippen molar-refractivity contribution in [1.82, 2.24) is 0 Å². The Labute approximate surface area is 159 Å². The van der Waals surface area contributed by atoms with E-state index in [0.717, 1.165) is 30.0 Å².